The molecule has 1 saturated heterocycles. The highest BCUT2D eigenvalue weighted by Gasteiger charge is 2.23. The highest BCUT2D eigenvalue weighted by Crippen LogP contribution is 2.27. The summed E-state index contributed by atoms with van der Waals surface area (Å²) in [7, 11) is 1.41. The number of ether oxygens (including phenoxy) is 1. The maximum Gasteiger partial charge on any atom is 0.339 e. The summed E-state index contributed by atoms with van der Waals surface area (Å²) in [6.07, 6.45) is 1.11. The van der Waals surface area contributed by atoms with E-state index in [0.717, 1.165) is 25.2 Å². The third-order valence-corrected chi connectivity index (χ3v) is 3.53. The normalized spacial score (nSPS) is 19.9. The van der Waals surface area contributed by atoms with Gasteiger partial charge in [-0.2, -0.15) is 0 Å². The molecule has 2 rings (SSSR count). The fourth-order valence-corrected chi connectivity index (χ4v) is 2.52. The zero-order valence-electron chi connectivity index (χ0n) is 9.15. The van der Waals surface area contributed by atoms with E-state index in [0.29, 0.717) is 10.4 Å². The molecular weight excluding hydrogens is 270 g/mol. The number of para-hydroxylation sites is 1. The molecule has 86 valence electrons. The predicted molar refractivity (Wildman–Crippen MR) is 67.3 cm³/mol. The van der Waals surface area contributed by atoms with Crippen molar-refractivity contribution < 1.29 is 9.53 Å². The van der Waals surface area contributed by atoms with Crippen LogP contribution in [0.3, 0.4) is 0 Å². The number of hydrogen-bond donors (Lipinski definition) is 0. The molecule has 1 aliphatic heterocycles. The minimum absolute atomic E-state index is 0.270. The SMILES string of the molecule is COC(=O)c1ccccc1N1CCC(Br)C1. The molecule has 0 saturated carbocycles. The summed E-state index contributed by atoms with van der Waals surface area (Å²) in [5, 5.41) is 0. The van der Waals surface area contributed by atoms with Gasteiger partial charge in [0.1, 0.15) is 0 Å². The molecule has 16 heavy (non-hydrogen) atoms. The van der Waals surface area contributed by atoms with E-state index in [1.54, 1.807) is 0 Å². The van der Waals surface area contributed by atoms with E-state index in [1.807, 2.05) is 24.3 Å². The molecule has 0 aliphatic carbocycles. The molecular formula is C12H14BrNO2. The first-order valence-electron chi connectivity index (χ1n) is 5.28. The first-order chi connectivity index (χ1) is 7.72. The van der Waals surface area contributed by atoms with Crippen LogP contribution in [-0.2, 0) is 4.74 Å². The van der Waals surface area contributed by atoms with Gasteiger partial charge in [-0.1, -0.05) is 28.1 Å². The summed E-state index contributed by atoms with van der Waals surface area (Å²) >= 11 is 3.60. The van der Waals surface area contributed by atoms with Crippen molar-refractivity contribution in [3.05, 3.63) is 29.8 Å². The Morgan fingerprint density at radius 3 is 2.88 bits per heavy atom. The van der Waals surface area contributed by atoms with E-state index >= 15 is 0 Å². The van der Waals surface area contributed by atoms with Gasteiger partial charge in [-0.25, -0.2) is 4.79 Å². The van der Waals surface area contributed by atoms with Crippen molar-refractivity contribution in [3.8, 4) is 0 Å². The number of alkyl halides is 1. The van der Waals surface area contributed by atoms with Crippen molar-refractivity contribution in [2.24, 2.45) is 0 Å². The smallest absolute Gasteiger partial charge is 0.339 e. The second-order valence-electron chi connectivity index (χ2n) is 3.84. The molecule has 1 unspecified atom stereocenters. The number of nitrogens with zero attached hydrogens (tertiary/aromatic N) is 1. The Balaban J connectivity index is 2.29. The molecule has 0 aromatic heterocycles. The lowest BCUT2D eigenvalue weighted by atomic mass is 10.1. The Hall–Kier alpha value is -1.03. The average Bonchev–Trinajstić information content (AvgIpc) is 2.75. The van der Waals surface area contributed by atoms with Crippen LogP contribution < -0.4 is 4.90 Å². The van der Waals surface area contributed by atoms with Crippen molar-refractivity contribution in [2.75, 3.05) is 25.1 Å². The minimum Gasteiger partial charge on any atom is -0.465 e. The molecule has 0 N–H and O–H groups in total. The van der Waals surface area contributed by atoms with Gasteiger partial charge >= 0.3 is 5.97 Å². The number of hydrogen-bond acceptors (Lipinski definition) is 3. The molecule has 1 heterocycles. The third kappa shape index (κ3) is 2.21. The van der Waals surface area contributed by atoms with Gasteiger partial charge in [-0.15, -0.1) is 0 Å². The summed E-state index contributed by atoms with van der Waals surface area (Å²) in [5.74, 6) is -0.270. The molecule has 0 bridgehead atoms. The van der Waals surface area contributed by atoms with Gasteiger partial charge in [0.2, 0.25) is 0 Å². The molecule has 1 aromatic carbocycles. The number of esters is 1. The molecule has 1 atom stereocenters. The second-order valence-corrected chi connectivity index (χ2v) is 5.14. The highest BCUT2D eigenvalue weighted by atomic mass is 79.9. The monoisotopic (exact) mass is 283 g/mol. The predicted octanol–water partition coefficient (Wildman–Crippen LogP) is 2.45. The zero-order chi connectivity index (χ0) is 11.5. The first-order valence-corrected chi connectivity index (χ1v) is 6.20. The van der Waals surface area contributed by atoms with Crippen LogP contribution >= 0.6 is 15.9 Å². The first kappa shape index (κ1) is 11.5. The van der Waals surface area contributed by atoms with E-state index in [4.69, 9.17) is 4.74 Å². The number of rotatable bonds is 2. The maximum atomic E-state index is 11.6. The van der Waals surface area contributed by atoms with Crippen molar-refractivity contribution in [1.82, 2.24) is 0 Å². The van der Waals surface area contributed by atoms with E-state index in [2.05, 4.69) is 20.8 Å². The van der Waals surface area contributed by atoms with Crippen LogP contribution in [0.15, 0.2) is 24.3 Å². The molecule has 4 heteroatoms. The van der Waals surface area contributed by atoms with Crippen molar-refractivity contribution in [1.29, 1.82) is 0 Å². The number of carbonyl (C=O) groups excluding carboxylic acids is 1. The van der Waals surface area contributed by atoms with Gasteiger partial charge in [0.25, 0.3) is 0 Å². The summed E-state index contributed by atoms with van der Waals surface area (Å²) in [6.45, 7) is 1.91. The maximum absolute atomic E-state index is 11.6. The fourth-order valence-electron chi connectivity index (χ4n) is 1.97. The molecule has 1 aliphatic rings. The van der Waals surface area contributed by atoms with Crippen LogP contribution in [0.2, 0.25) is 0 Å². The lowest BCUT2D eigenvalue weighted by Crippen LogP contribution is -2.22. The lowest BCUT2D eigenvalue weighted by molar-refractivity contribution is 0.0601. The Morgan fingerprint density at radius 1 is 1.50 bits per heavy atom. The summed E-state index contributed by atoms with van der Waals surface area (Å²) < 4.78 is 4.79. The Bertz CT molecular complexity index is 394. The number of methoxy groups -OCH3 is 1. The van der Waals surface area contributed by atoms with Crippen LogP contribution in [0.4, 0.5) is 5.69 Å². The van der Waals surface area contributed by atoms with Gasteiger partial charge in [-0.3, -0.25) is 0 Å². The van der Waals surface area contributed by atoms with Gasteiger partial charge in [0.15, 0.2) is 0 Å². The van der Waals surface area contributed by atoms with E-state index in [-0.39, 0.29) is 5.97 Å². The lowest BCUT2D eigenvalue weighted by Gasteiger charge is -2.20. The molecule has 0 spiro atoms. The summed E-state index contributed by atoms with van der Waals surface area (Å²) in [6, 6.07) is 7.58. The summed E-state index contributed by atoms with van der Waals surface area (Å²) in [5.41, 5.74) is 1.61. The molecule has 0 radical (unpaired) electrons. The van der Waals surface area contributed by atoms with E-state index in [1.165, 1.54) is 7.11 Å². The van der Waals surface area contributed by atoms with Gasteiger partial charge in [-0.05, 0) is 18.6 Å². The minimum atomic E-state index is -0.270. The zero-order valence-corrected chi connectivity index (χ0v) is 10.7. The molecule has 1 fully saturated rings. The number of halogens is 1. The molecule has 3 nitrogen and oxygen atoms in total. The van der Waals surface area contributed by atoms with Crippen LogP contribution in [0.5, 0.6) is 0 Å². The summed E-state index contributed by atoms with van der Waals surface area (Å²) in [4.78, 5) is 14.3. The van der Waals surface area contributed by atoms with Crippen LogP contribution in [0.25, 0.3) is 0 Å². The number of anilines is 1. The third-order valence-electron chi connectivity index (χ3n) is 2.78. The standard InChI is InChI=1S/C12H14BrNO2/c1-16-12(15)10-4-2-3-5-11(10)14-7-6-9(13)8-14/h2-5,9H,6-8H2,1H3. The van der Waals surface area contributed by atoms with Gasteiger partial charge < -0.3 is 9.64 Å². The van der Waals surface area contributed by atoms with Crippen LogP contribution in [0.1, 0.15) is 16.8 Å². The van der Waals surface area contributed by atoms with Crippen molar-refractivity contribution in [2.45, 2.75) is 11.2 Å². The molecule has 1 aromatic rings. The van der Waals surface area contributed by atoms with Crippen molar-refractivity contribution >= 4 is 27.6 Å². The Kier molecular flexibility index (Phi) is 3.49. The second kappa shape index (κ2) is 4.87. The number of benzene rings is 1. The average molecular weight is 284 g/mol. The van der Waals surface area contributed by atoms with Crippen molar-refractivity contribution in [3.63, 3.8) is 0 Å². The largest absolute Gasteiger partial charge is 0.465 e. The molecule has 0 amide bonds. The van der Waals surface area contributed by atoms with Crippen LogP contribution in [0, 0.1) is 0 Å². The Labute approximate surface area is 104 Å². The number of carbonyl (C=O) groups is 1. The van der Waals surface area contributed by atoms with E-state index in [9.17, 15) is 4.79 Å². The van der Waals surface area contributed by atoms with Gasteiger partial charge in [0, 0.05) is 17.9 Å². The van der Waals surface area contributed by atoms with E-state index < -0.39 is 0 Å². The quantitative estimate of drug-likeness (QED) is 0.617. The topological polar surface area (TPSA) is 29.5 Å². The van der Waals surface area contributed by atoms with Gasteiger partial charge in [0.05, 0.1) is 18.4 Å². The van der Waals surface area contributed by atoms with Crippen LogP contribution in [-0.4, -0.2) is 31.0 Å². The fraction of sp³-hybridized carbons (Fsp3) is 0.417. The highest BCUT2D eigenvalue weighted by molar-refractivity contribution is 9.09. The Morgan fingerprint density at radius 2 is 2.25 bits per heavy atom.